The van der Waals surface area contributed by atoms with E-state index in [0.717, 1.165) is 11.8 Å². The maximum absolute atomic E-state index is 2.62. The number of hydrogen-bond acceptors (Lipinski definition) is 0. The lowest BCUT2D eigenvalue weighted by atomic mass is 9.73. The predicted molar refractivity (Wildman–Crippen MR) is 52.8 cm³/mol. The summed E-state index contributed by atoms with van der Waals surface area (Å²) in [5.74, 6) is 2.10. The Kier molecular flexibility index (Phi) is 2.97. The molecule has 2 fully saturated rings. The molecule has 68 valence electrons. The molecule has 0 heterocycles. The SMILES string of the molecule is [CH+]1CCCC[C@H]1C1CCCCC1. The molecule has 0 bridgehead atoms. The van der Waals surface area contributed by atoms with Crippen molar-refractivity contribution in [3.63, 3.8) is 0 Å². The summed E-state index contributed by atoms with van der Waals surface area (Å²) in [4.78, 5) is 0. The van der Waals surface area contributed by atoms with Gasteiger partial charge in [0, 0.05) is 5.92 Å². The van der Waals surface area contributed by atoms with Gasteiger partial charge in [0.25, 0.3) is 0 Å². The Morgan fingerprint density at radius 1 is 0.750 bits per heavy atom. The Bertz CT molecular complexity index is 100. The third-order valence-electron chi connectivity index (χ3n) is 3.72. The first-order valence-corrected chi connectivity index (χ1v) is 5.80. The van der Waals surface area contributed by atoms with Crippen LogP contribution in [0, 0.1) is 18.3 Å². The highest BCUT2D eigenvalue weighted by atomic mass is 14.3. The van der Waals surface area contributed by atoms with Crippen molar-refractivity contribution in [2.24, 2.45) is 11.8 Å². The average molecular weight is 165 g/mol. The van der Waals surface area contributed by atoms with Gasteiger partial charge in [-0.3, -0.25) is 0 Å². The summed E-state index contributed by atoms with van der Waals surface area (Å²) < 4.78 is 0. The first-order chi connectivity index (χ1) is 5.97. The summed E-state index contributed by atoms with van der Waals surface area (Å²) in [6.45, 7) is 0. The lowest BCUT2D eigenvalue weighted by molar-refractivity contribution is 0.239. The molecule has 0 aromatic heterocycles. The smallest absolute Gasteiger partial charge is 0.0533 e. The quantitative estimate of drug-likeness (QED) is 0.516. The second kappa shape index (κ2) is 4.20. The molecular weight excluding hydrogens is 144 g/mol. The molecule has 2 saturated carbocycles. The molecule has 0 unspecified atom stereocenters. The summed E-state index contributed by atoms with van der Waals surface area (Å²) in [7, 11) is 0. The van der Waals surface area contributed by atoms with Crippen LogP contribution in [0.25, 0.3) is 0 Å². The van der Waals surface area contributed by atoms with Gasteiger partial charge >= 0.3 is 0 Å². The van der Waals surface area contributed by atoms with Crippen LogP contribution in [0.5, 0.6) is 0 Å². The van der Waals surface area contributed by atoms with Gasteiger partial charge in [-0.25, -0.2) is 0 Å². The van der Waals surface area contributed by atoms with E-state index < -0.39 is 0 Å². The minimum Gasteiger partial charge on any atom is -0.0533 e. The van der Waals surface area contributed by atoms with Crippen LogP contribution >= 0.6 is 0 Å². The fraction of sp³-hybridized carbons (Fsp3) is 0.917. The van der Waals surface area contributed by atoms with E-state index in [1.165, 1.54) is 57.8 Å². The summed E-state index contributed by atoms with van der Waals surface area (Å²) in [5, 5.41) is 0. The van der Waals surface area contributed by atoms with Crippen molar-refractivity contribution in [3.8, 4) is 0 Å². The van der Waals surface area contributed by atoms with Crippen molar-refractivity contribution in [2.75, 3.05) is 0 Å². The minimum atomic E-state index is 1.01. The molecule has 0 radical (unpaired) electrons. The van der Waals surface area contributed by atoms with E-state index in [2.05, 4.69) is 6.42 Å². The predicted octanol–water partition coefficient (Wildman–Crippen LogP) is 3.96. The minimum absolute atomic E-state index is 1.01. The highest BCUT2D eigenvalue weighted by molar-refractivity contribution is 4.87. The standard InChI is InChI=1S/C12H21/c1-3-7-11(8-4-1)12-9-5-2-6-10-12/h7,11-12H,1-6,8-10H2/q+1/t11-/m0/s1. The number of hydrogen-bond donors (Lipinski definition) is 0. The van der Waals surface area contributed by atoms with Crippen LogP contribution in [-0.4, -0.2) is 0 Å². The lowest BCUT2D eigenvalue weighted by Crippen LogP contribution is -2.20. The fourth-order valence-corrected chi connectivity index (χ4v) is 2.96. The van der Waals surface area contributed by atoms with E-state index in [4.69, 9.17) is 0 Å². The van der Waals surface area contributed by atoms with Gasteiger partial charge in [0.15, 0.2) is 0 Å². The third-order valence-corrected chi connectivity index (χ3v) is 3.72. The zero-order valence-electron chi connectivity index (χ0n) is 8.10. The molecular formula is C12H21+. The van der Waals surface area contributed by atoms with Crippen molar-refractivity contribution in [3.05, 3.63) is 6.42 Å². The van der Waals surface area contributed by atoms with Gasteiger partial charge in [-0.1, -0.05) is 19.3 Å². The molecule has 0 N–H and O–H groups in total. The van der Waals surface area contributed by atoms with Crippen LogP contribution in [0.2, 0.25) is 0 Å². The Morgan fingerprint density at radius 2 is 1.50 bits per heavy atom. The van der Waals surface area contributed by atoms with Crippen LogP contribution < -0.4 is 0 Å². The lowest BCUT2D eigenvalue weighted by Gasteiger charge is -2.27. The topological polar surface area (TPSA) is 0 Å². The Labute approximate surface area is 76.7 Å². The van der Waals surface area contributed by atoms with Crippen LogP contribution in [0.4, 0.5) is 0 Å². The van der Waals surface area contributed by atoms with Crippen molar-refractivity contribution >= 4 is 0 Å². The van der Waals surface area contributed by atoms with Gasteiger partial charge in [-0.2, -0.15) is 0 Å². The molecule has 1 atom stereocenters. The molecule has 12 heavy (non-hydrogen) atoms. The third kappa shape index (κ3) is 1.97. The second-order valence-electron chi connectivity index (χ2n) is 4.58. The molecule has 0 nitrogen and oxygen atoms in total. The molecule has 0 aromatic rings. The molecule has 0 aliphatic heterocycles. The summed E-state index contributed by atoms with van der Waals surface area (Å²) >= 11 is 0. The first-order valence-electron chi connectivity index (χ1n) is 5.80. The van der Waals surface area contributed by atoms with E-state index in [9.17, 15) is 0 Å². The van der Waals surface area contributed by atoms with E-state index in [1.54, 1.807) is 0 Å². The summed E-state index contributed by atoms with van der Waals surface area (Å²) in [6.07, 6.45) is 16.1. The van der Waals surface area contributed by atoms with E-state index >= 15 is 0 Å². The average Bonchev–Trinajstić information content (AvgIpc) is 2.21. The van der Waals surface area contributed by atoms with Gasteiger partial charge in [0.05, 0.1) is 12.8 Å². The van der Waals surface area contributed by atoms with Gasteiger partial charge in [0.2, 0.25) is 0 Å². The maximum Gasteiger partial charge on any atom is 0.101 e. The van der Waals surface area contributed by atoms with Gasteiger partial charge in [-0.05, 0) is 32.1 Å². The molecule has 2 aliphatic rings. The monoisotopic (exact) mass is 165 g/mol. The van der Waals surface area contributed by atoms with Crippen molar-refractivity contribution in [1.82, 2.24) is 0 Å². The highest BCUT2D eigenvalue weighted by Crippen LogP contribution is 2.37. The van der Waals surface area contributed by atoms with Crippen LogP contribution in [-0.2, 0) is 0 Å². The molecule has 2 aliphatic carbocycles. The highest BCUT2D eigenvalue weighted by Gasteiger charge is 2.30. The maximum atomic E-state index is 2.62. The van der Waals surface area contributed by atoms with E-state index in [1.807, 2.05) is 0 Å². The Hall–Kier alpha value is -0.130. The Morgan fingerprint density at radius 3 is 2.17 bits per heavy atom. The zero-order valence-corrected chi connectivity index (χ0v) is 8.10. The molecule has 0 aromatic carbocycles. The van der Waals surface area contributed by atoms with Gasteiger partial charge < -0.3 is 0 Å². The van der Waals surface area contributed by atoms with E-state index in [-0.39, 0.29) is 0 Å². The Balaban J connectivity index is 1.80. The van der Waals surface area contributed by atoms with Crippen molar-refractivity contribution in [1.29, 1.82) is 0 Å². The number of rotatable bonds is 1. The van der Waals surface area contributed by atoms with Crippen LogP contribution in [0.15, 0.2) is 0 Å². The van der Waals surface area contributed by atoms with Crippen LogP contribution in [0.3, 0.4) is 0 Å². The molecule has 0 heteroatoms. The molecule has 0 spiro atoms. The molecule has 0 saturated heterocycles. The van der Waals surface area contributed by atoms with Gasteiger partial charge in [0.1, 0.15) is 5.92 Å². The normalized spacial score (nSPS) is 32.8. The summed E-state index contributed by atoms with van der Waals surface area (Å²) in [6, 6.07) is 0. The zero-order chi connectivity index (χ0) is 8.23. The summed E-state index contributed by atoms with van der Waals surface area (Å²) in [5.41, 5.74) is 0. The largest absolute Gasteiger partial charge is 0.101 e. The molecule has 2 rings (SSSR count). The fourth-order valence-electron chi connectivity index (χ4n) is 2.96. The molecule has 0 amide bonds. The van der Waals surface area contributed by atoms with Crippen molar-refractivity contribution in [2.45, 2.75) is 57.8 Å². The first kappa shape index (κ1) is 8.47. The van der Waals surface area contributed by atoms with Crippen molar-refractivity contribution < 1.29 is 0 Å². The van der Waals surface area contributed by atoms with Crippen LogP contribution in [0.1, 0.15) is 57.8 Å². The second-order valence-corrected chi connectivity index (χ2v) is 4.58. The van der Waals surface area contributed by atoms with E-state index in [0.29, 0.717) is 0 Å². The van der Waals surface area contributed by atoms with Gasteiger partial charge in [-0.15, -0.1) is 0 Å².